The molecule has 5 aliphatic carbocycles. The van der Waals surface area contributed by atoms with Crippen molar-refractivity contribution < 1.29 is 19.7 Å². The summed E-state index contributed by atoms with van der Waals surface area (Å²) in [5.41, 5.74) is 1.48. The predicted molar refractivity (Wildman–Crippen MR) is 217 cm³/mol. The summed E-state index contributed by atoms with van der Waals surface area (Å²) in [5, 5.41) is 22.3. The van der Waals surface area contributed by atoms with E-state index in [1.165, 1.54) is 115 Å². The van der Waals surface area contributed by atoms with Gasteiger partial charge in [0.2, 0.25) is 0 Å². The number of unbranched alkanes of at least 4 members (excludes halogenated alkanes) is 14. The number of allylic oxidation sites excluding steroid dienone is 1. The van der Waals surface area contributed by atoms with Crippen LogP contribution in [0.4, 0.5) is 0 Å². The van der Waals surface area contributed by atoms with Crippen LogP contribution in [0.1, 0.15) is 209 Å². The SMILES string of the molecule is CCCCCCCCCCCCCCCCCC(=O)OC1CCC2(C)C(CCC3(C)C2CCC2C4C(C)C(CO)=CCC4(C)C(O)CC23C)C1(C)C. The molecule has 0 aliphatic heterocycles. The highest BCUT2D eigenvalue weighted by Crippen LogP contribution is 2.76. The third kappa shape index (κ3) is 8.02. The van der Waals surface area contributed by atoms with Gasteiger partial charge in [0.25, 0.3) is 0 Å². The molecular formula is C48H84O4. The third-order valence-electron chi connectivity index (χ3n) is 17.8. The first-order valence-corrected chi connectivity index (χ1v) is 22.9. The molecule has 5 aliphatic rings. The number of hydrogen-bond acceptors (Lipinski definition) is 4. The van der Waals surface area contributed by atoms with Crippen LogP contribution in [0.5, 0.6) is 0 Å². The fourth-order valence-electron chi connectivity index (χ4n) is 14.5. The summed E-state index contributed by atoms with van der Waals surface area (Å²) in [5.74, 6) is 2.47. The third-order valence-corrected chi connectivity index (χ3v) is 17.8. The smallest absolute Gasteiger partial charge is 0.306 e. The number of carbonyl (C=O) groups is 1. The Morgan fingerprint density at radius 2 is 1.31 bits per heavy atom. The van der Waals surface area contributed by atoms with E-state index in [0.717, 1.165) is 38.5 Å². The summed E-state index contributed by atoms with van der Waals surface area (Å²) in [7, 11) is 0. The highest BCUT2D eigenvalue weighted by atomic mass is 16.5. The van der Waals surface area contributed by atoms with E-state index in [1.54, 1.807) is 0 Å². The summed E-state index contributed by atoms with van der Waals surface area (Å²) in [6.45, 7) is 19.7. The zero-order chi connectivity index (χ0) is 37.8. The lowest BCUT2D eigenvalue weighted by molar-refractivity contribution is -0.268. The maximum Gasteiger partial charge on any atom is 0.306 e. The average molecular weight is 725 g/mol. The number of aliphatic hydroxyl groups excluding tert-OH is 2. The number of rotatable bonds is 18. The predicted octanol–water partition coefficient (Wildman–Crippen LogP) is 12.8. The monoisotopic (exact) mass is 725 g/mol. The van der Waals surface area contributed by atoms with Crippen LogP contribution in [0.25, 0.3) is 0 Å². The van der Waals surface area contributed by atoms with E-state index >= 15 is 0 Å². The molecule has 4 fully saturated rings. The summed E-state index contributed by atoms with van der Waals surface area (Å²) in [6.07, 6.45) is 31.3. The quantitative estimate of drug-likeness (QED) is 0.0839. The Balaban J connectivity index is 1.09. The van der Waals surface area contributed by atoms with E-state index in [4.69, 9.17) is 4.74 Å². The number of carbonyl (C=O) groups excluding carboxylic acids is 1. The molecule has 4 nitrogen and oxygen atoms in total. The molecule has 4 heteroatoms. The number of aliphatic hydroxyl groups is 2. The first-order chi connectivity index (χ1) is 24.7. The van der Waals surface area contributed by atoms with E-state index in [2.05, 4.69) is 61.5 Å². The van der Waals surface area contributed by atoms with Gasteiger partial charge in [0, 0.05) is 17.3 Å². The Kier molecular flexibility index (Phi) is 14.2. The van der Waals surface area contributed by atoms with Crippen molar-refractivity contribution in [1.29, 1.82) is 0 Å². The molecule has 52 heavy (non-hydrogen) atoms. The van der Waals surface area contributed by atoms with Crippen LogP contribution < -0.4 is 0 Å². The second kappa shape index (κ2) is 17.5. The number of esters is 1. The molecule has 0 bridgehead atoms. The van der Waals surface area contributed by atoms with Gasteiger partial charge in [0.1, 0.15) is 6.10 Å². The Hall–Kier alpha value is -0.870. The maximum atomic E-state index is 13.2. The van der Waals surface area contributed by atoms with Crippen molar-refractivity contribution in [3.8, 4) is 0 Å². The molecule has 11 unspecified atom stereocenters. The Bertz CT molecular complexity index is 1190. The molecule has 0 heterocycles. The molecule has 11 atom stereocenters. The molecule has 0 aromatic heterocycles. The fourth-order valence-corrected chi connectivity index (χ4v) is 14.5. The van der Waals surface area contributed by atoms with E-state index in [9.17, 15) is 15.0 Å². The van der Waals surface area contributed by atoms with Gasteiger partial charge in [-0.05, 0) is 109 Å². The summed E-state index contributed by atoms with van der Waals surface area (Å²) < 4.78 is 6.41. The highest BCUT2D eigenvalue weighted by Gasteiger charge is 2.71. The minimum Gasteiger partial charge on any atom is -0.462 e. The van der Waals surface area contributed by atoms with Gasteiger partial charge >= 0.3 is 5.97 Å². The Morgan fingerprint density at radius 3 is 1.88 bits per heavy atom. The van der Waals surface area contributed by atoms with Crippen LogP contribution in [0.15, 0.2) is 11.6 Å². The molecule has 0 amide bonds. The van der Waals surface area contributed by atoms with Gasteiger partial charge in [0.15, 0.2) is 0 Å². The minimum atomic E-state index is -0.310. The van der Waals surface area contributed by atoms with Crippen molar-refractivity contribution in [2.24, 2.45) is 56.7 Å². The van der Waals surface area contributed by atoms with Crippen LogP contribution in [0.2, 0.25) is 0 Å². The summed E-state index contributed by atoms with van der Waals surface area (Å²) in [6, 6.07) is 0. The molecule has 0 aromatic rings. The van der Waals surface area contributed by atoms with E-state index in [1.807, 2.05) is 0 Å². The maximum absolute atomic E-state index is 13.2. The number of fused-ring (bicyclic) bond motifs is 7. The first kappa shape index (κ1) is 42.3. The standard InChI is InChI=1S/C48H84O4/c1-9-10-11-12-13-14-15-16-17-18-19-20-21-22-23-24-42(51)52-41-29-31-45(5)38(44(41,3)4)28-32-47(7)39(45)26-25-37-43-35(2)36(34-49)27-30-46(43,6)40(50)33-48(37,47)8/h27,35,37-41,43,49-50H,9-26,28-34H2,1-8H3. The molecule has 0 saturated heterocycles. The second-order valence-electron chi connectivity index (χ2n) is 20.9. The zero-order valence-electron chi connectivity index (χ0n) is 35.5. The molecule has 2 N–H and O–H groups in total. The van der Waals surface area contributed by atoms with Crippen molar-refractivity contribution in [2.75, 3.05) is 6.61 Å². The highest BCUT2D eigenvalue weighted by molar-refractivity contribution is 5.69. The summed E-state index contributed by atoms with van der Waals surface area (Å²) in [4.78, 5) is 13.2. The van der Waals surface area contributed by atoms with Crippen LogP contribution in [0.3, 0.4) is 0 Å². The Labute approximate surface area is 321 Å². The number of hydrogen-bond donors (Lipinski definition) is 2. The van der Waals surface area contributed by atoms with Crippen molar-refractivity contribution in [3.05, 3.63) is 11.6 Å². The van der Waals surface area contributed by atoms with Crippen LogP contribution in [-0.2, 0) is 9.53 Å². The van der Waals surface area contributed by atoms with Gasteiger partial charge in [-0.15, -0.1) is 0 Å². The molecular weight excluding hydrogens is 641 g/mol. The van der Waals surface area contributed by atoms with Crippen molar-refractivity contribution in [3.63, 3.8) is 0 Å². The molecule has 0 spiro atoms. The summed E-state index contributed by atoms with van der Waals surface area (Å²) >= 11 is 0. The van der Waals surface area contributed by atoms with Gasteiger partial charge in [-0.25, -0.2) is 0 Å². The van der Waals surface area contributed by atoms with E-state index in [0.29, 0.717) is 36.0 Å². The van der Waals surface area contributed by atoms with Crippen LogP contribution in [0, 0.1) is 56.7 Å². The van der Waals surface area contributed by atoms with Crippen molar-refractivity contribution >= 4 is 5.97 Å². The average Bonchev–Trinajstić information content (AvgIpc) is 3.09. The molecule has 5 rings (SSSR count). The molecule has 4 saturated carbocycles. The van der Waals surface area contributed by atoms with Gasteiger partial charge in [0.05, 0.1) is 12.7 Å². The molecule has 300 valence electrons. The fraction of sp³-hybridized carbons (Fsp3) is 0.938. The zero-order valence-corrected chi connectivity index (χ0v) is 35.5. The second-order valence-corrected chi connectivity index (χ2v) is 20.9. The lowest BCUT2D eigenvalue weighted by Gasteiger charge is -2.74. The van der Waals surface area contributed by atoms with Crippen molar-refractivity contribution in [1.82, 2.24) is 0 Å². The Morgan fingerprint density at radius 1 is 0.731 bits per heavy atom. The van der Waals surface area contributed by atoms with Crippen LogP contribution in [-0.4, -0.2) is 35.0 Å². The van der Waals surface area contributed by atoms with Gasteiger partial charge in [-0.1, -0.05) is 151 Å². The minimum absolute atomic E-state index is 0.00897. The lowest BCUT2D eigenvalue weighted by Crippen LogP contribution is -2.69. The first-order valence-electron chi connectivity index (χ1n) is 22.9. The van der Waals surface area contributed by atoms with Crippen molar-refractivity contribution in [2.45, 2.75) is 222 Å². The van der Waals surface area contributed by atoms with E-state index in [-0.39, 0.29) is 51.9 Å². The normalized spacial score (nSPS) is 40.9. The van der Waals surface area contributed by atoms with Gasteiger partial charge in [-0.3, -0.25) is 4.79 Å². The topological polar surface area (TPSA) is 66.8 Å². The van der Waals surface area contributed by atoms with Gasteiger partial charge < -0.3 is 14.9 Å². The lowest BCUT2D eigenvalue weighted by atomic mass is 9.31. The van der Waals surface area contributed by atoms with E-state index < -0.39 is 0 Å². The number of ether oxygens (including phenoxy) is 1. The van der Waals surface area contributed by atoms with Crippen LogP contribution >= 0.6 is 0 Å². The van der Waals surface area contributed by atoms with Gasteiger partial charge in [-0.2, -0.15) is 0 Å². The largest absolute Gasteiger partial charge is 0.462 e. The molecule has 0 radical (unpaired) electrons. The molecule has 0 aromatic carbocycles.